The van der Waals surface area contributed by atoms with Crippen LogP contribution in [-0.2, 0) is 0 Å². The van der Waals surface area contributed by atoms with Crippen molar-refractivity contribution in [2.75, 3.05) is 19.8 Å². The topological polar surface area (TPSA) is 55.6 Å². The van der Waals surface area contributed by atoms with E-state index in [0.29, 0.717) is 17.0 Å². The molecule has 0 heterocycles. The van der Waals surface area contributed by atoms with E-state index in [1.165, 1.54) is 4.90 Å². The molecule has 2 N–H and O–H groups in total. The summed E-state index contributed by atoms with van der Waals surface area (Å²) in [7, 11) is 3.44. The van der Waals surface area contributed by atoms with Gasteiger partial charge < -0.3 is 15.4 Å². The third-order valence-electron chi connectivity index (χ3n) is 2.46. The fourth-order valence-electron chi connectivity index (χ4n) is 1.42. The Morgan fingerprint density at radius 1 is 1.44 bits per heavy atom. The summed E-state index contributed by atoms with van der Waals surface area (Å²) >= 11 is 0. The monoisotopic (exact) mass is 220 g/mol. The molecule has 1 saturated carbocycles. The summed E-state index contributed by atoms with van der Waals surface area (Å²) in [4.78, 5) is 13.4. The van der Waals surface area contributed by atoms with Crippen LogP contribution in [0.15, 0.2) is 18.2 Å². The number of rotatable bonds is 3. The van der Waals surface area contributed by atoms with Gasteiger partial charge in [0.1, 0.15) is 5.75 Å². The molecule has 16 heavy (non-hydrogen) atoms. The first-order valence-electron chi connectivity index (χ1n) is 5.36. The Kier molecular flexibility index (Phi) is 2.73. The van der Waals surface area contributed by atoms with Gasteiger partial charge in [0.15, 0.2) is 0 Å². The highest BCUT2D eigenvalue weighted by atomic mass is 16.5. The molecule has 0 atom stereocenters. The van der Waals surface area contributed by atoms with Crippen LogP contribution in [0.5, 0.6) is 5.75 Å². The average molecular weight is 220 g/mol. The predicted molar refractivity (Wildman–Crippen MR) is 62.5 cm³/mol. The van der Waals surface area contributed by atoms with E-state index in [4.69, 9.17) is 10.5 Å². The lowest BCUT2D eigenvalue weighted by molar-refractivity contribution is 0.0823. The van der Waals surface area contributed by atoms with Gasteiger partial charge in [0.05, 0.1) is 11.7 Å². The maximum atomic E-state index is 11.9. The number of hydrogen-bond acceptors (Lipinski definition) is 3. The van der Waals surface area contributed by atoms with E-state index in [9.17, 15) is 4.79 Å². The SMILES string of the molecule is CN(C)C(=O)c1ccc(N)cc1OC1CC1. The lowest BCUT2D eigenvalue weighted by Gasteiger charge is -2.15. The van der Waals surface area contributed by atoms with Crippen molar-refractivity contribution in [2.45, 2.75) is 18.9 Å². The van der Waals surface area contributed by atoms with Crippen molar-refractivity contribution in [1.29, 1.82) is 0 Å². The van der Waals surface area contributed by atoms with Crippen LogP contribution >= 0.6 is 0 Å². The van der Waals surface area contributed by atoms with E-state index in [1.54, 1.807) is 32.3 Å². The average Bonchev–Trinajstić information content (AvgIpc) is 3.01. The molecule has 0 radical (unpaired) electrons. The molecule has 0 aliphatic heterocycles. The highest BCUT2D eigenvalue weighted by Gasteiger charge is 2.26. The van der Waals surface area contributed by atoms with E-state index in [1.807, 2.05) is 0 Å². The number of nitrogen functional groups attached to an aromatic ring is 1. The first kappa shape index (κ1) is 10.8. The van der Waals surface area contributed by atoms with Gasteiger partial charge in [-0.05, 0) is 25.0 Å². The quantitative estimate of drug-likeness (QED) is 0.785. The Hall–Kier alpha value is -1.71. The number of amides is 1. The van der Waals surface area contributed by atoms with Crippen LogP contribution in [0.1, 0.15) is 23.2 Å². The molecule has 1 aliphatic carbocycles. The van der Waals surface area contributed by atoms with Gasteiger partial charge in [0.2, 0.25) is 0 Å². The second-order valence-electron chi connectivity index (χ2n) is 4.27. The molecular weight excluding hydrogens is 204 g/mol. The van der Waals surface area contributed by atoms with E-state index in [-0.39, 0.29) is 12.0 Å². The van der Waals surface area contributed by atoms with E-state index in [2.05, 4.69) is 0 Å². The molecule has 0 aromatic heterocycles. The van der Waals surface area contributed by atoms with E-state index < -0.39 is 0 Å². The zero-order chi connectivity index (χ0) is 11.7. The summed E-state index contributed by atoms with van der Waals surface area (Å²) in [6.45, 7) is 0. The molecule has 0 spiro atoms. The lowest BCUT2D eigenvalue weighted by atomic mass is 10.1. The molecule has 1 aromatic carbocycles. The van der Waals surface area contributed by atoms with Gasteiger partial charge in [0.25, 0.3) is 5.91 Å². The Labute approximate surface area is 95.0 Å². The molecule has 1 amide bonds. The Balaban J connectivity index is 2.30. The maximum Gasteiger partial charge on any atom is 0.257 e. The molecule has 1 aromatic rings. The molecular formula is C12H16N2O2. The van der Waals surface area contributed by atoms with Gasteiger partial charge in [-0.25, -0.2) is 0 Å². The number of carbonyl (C=O) groups excluding carboxylic acids is 1. The number of ether oxygens (including phenoxy) is 1. The molecule has 0 bridgehead atoms. The summed E-state index contributed by atoms with van der Waals surface area (Å²) in [6.07, 6.45) is 2.38. The zero-order valence-corrected chi connectivity index (χ0v) is 9.56. The smallest absolute Gasteiger partial charge is 0.257 e. The minimum Gasteiger partial charge on any atom is -0.490 e. The maximum absolute atomic E-state index is 11.9. The van der Waals surface area contributed by atoms with E-state index >= 15 is 0 Å². The van der Waals surface area contributed by atoms with Crippen LogP contribution in [0.2, 0.25) is 0 Å². The van der Waals surface area contributed by atoms with Gasteiger partial charge >= 0.3 is 0 Å². The summed E-state index contributed by atoms with van der Waals surface area (Å²) in [5, 5.41) is 0. The fraction of sp³-hybridized carbons (Fsp3) is 0.417. The zero-order valence-electron chi connectivity index (χ0n) is 9.56. The van der Waals surface area contributed by atoms with Crippen molar-refractivity contribution in [3.8, 4) is 5.75 Å². The van der Waals surface area contributed by atoms with Crippen LogP contribution in [0, 0.1) is 0 Å². The van der Waals surface area contributed by atoms with Gasteiger partial charge in [0, 0.05) is 25.8 Å². The van der Waals surface area contributed by atoms with Crippen LogP contribution in [-0.4, -0.2) is 31.0 Å². The van der Waals surface area contributed by atoms with Crippen LogP contribution in [0.3, 0.4) is 0 Å². The summed E-state index contributed by atoms with van der Waals surface area (Å²) in [6, 6.07) is 5.15. The number of anilines is 1. The standard InChI is InChI=1S/C12H16N2O2/c1-14(2)12(15)10-6-3-8(13)7-11(10)16-9-4-5-9/h3,6-7,9H,4-5,13H2,1-2H3. The Morgan fingerprint density at radius 3 is 2.69 bits per heavy atom. The van der Waals surface area contributed by atoms with Crippen LogP contribution in [0.25, 0.3) is 0 Å². The normalized spacial score (nSPS) is 14.6. The second kappa shape index (κ2) is 4.04. The van der Waals surface area contributed by atoms with Gasteiger partial charge in [-0.3, -0.25) is 4.79 Å². The molecule has 0 saturated heterocycles. The van der Waals surface area contributed by atoms with Gasteiger partial charge in [-0.2, -0.15) is 0 Å². The molecule has 4 heteroatoms. The second-order valence-corrected chi connectivity index (χ2v) is 4.27. The highest BCUT2D eigenvalue weighted by molar-refractivity contribution is 5.97. The number of hydrogen-bond donors (Lipinski definition) is 1. The van der Waals surface area contributed by atoms with Crippen molar-refractivity contribution in [3.05, 3.63) is 23.8 Å². The largest absolute Gasteiger partial charge is 0.490 e. The summed E-state index contributed by atoms with van der Waals surface area (Å²) in [5.41, 5.74) is 6.89. The minimum atomic E-state index is -0.0596. The van der Waals surface area contributed by atoms with Crippen molar-refractivity contribution in [2.24, 2.45) is 0 Å². The van der Waals surface area contributed by atoms with Crippen molar-refractivity contribution in [1.82, 2.24) is 4.90 Å². The third-order valence-corrected chi connectivity index (χ3v) is 2.46. The predicted octanol–water partition coefficient (Wildman–Crippen LogP) is 1.51. The molecule has 86 valence electrons. The number of nitrogens with zero attached hydrogens (tertiary/aromatic N) is 1. The first-order chi connectivity index (χ1) is 7.58. The summed E-state index contributed by atoms with van der Waals surface area (Å²) < 4.78 is 5.68. The summed E-state index contributed by atoms with van der Waals surface area (Å²) in [5.74, 6) is 0.539. The molecule has 1 fully saturated rings. The molecule has 4 nitrogen and oxygen atoms in total. The Bertz CT molecular complexity index is 411. The third kappa shape index (κ3) is 2.27. The fourth-order valence-corrected chi connectivity index (χ4v) is 1.42. The molecule has 1 aliphatic rings. The molecule has 0 unspecified atom stereocenters. The van der Waals surface area contributed by atoms with Gasteiger partial charge in [-0.1, -0.05) is 0 Å². The lowest BCUT2D eigenvalue weighted by Crippen LogP contribution is -2.22. The number of nitrogens with two attached hydrogens (primary N) is 1. The van der Waals surface area contributed by atoms with Crippen LogP contribution < -0.4 is 10.5 Å². The highest BCUT2D eigenvalue weighted by Crippen LogP contribution is 2.30. The van der Waals surface area contributed by atoms with Crippen molar-refractivity contribution >= 4 is 11.6 Å². The van der Waals surface area contributed by atoms with Gasteiger partial charge in [-0.15, -0.1) is 0 Å². The van der Waals surface area contributed by atoms with Crippen molar-refractivity contribution < 1.29 is 9.53 Å². The van der Waals surface area contributed by atoms with E-state index in [0.717, 1.165) is 12.8 Å². The number of benzene rings is 1. The first-order valence-corrected chi connectivity index (χ1v) is 5.36. The molecule has 2 rings (SSSR count). The van der Waals surface area contributed by atoms with Crippen molar-refractivity contribution in [3.63, 3.8) is 0 Å². The minimum absolute atomic E-state index is 0.0596. The number of carbonyl (C=O) groups is 1. The Morgan fingerprint density at radius 2 is 2.12 bits per heavy atom. The van der Waals surface area contributed by atoms with Crippen LogP contribution in [0.4, 0.5) is 5.69 Å².